The van der Waals surface area contributed by atoms with E-state index in [9.17, 15) is 4.79 Å². The first kappa shape index (κ1) is 20.1. The summed E-state index contributed by atoms with van der Waals surface area (Å²) in [6.07, 6.45) is 4.33. The molecule has 2 fully saturated rings. The normalized spacial score (nSPS) is 20.9. The summed E-state index contributed by atoms with van der Waals surface area (Å²) in [6.45, 7) is 5.52. The fourth-order valence-corrected chi connectivity index (χ4v) is 3.46. The van der Waals surface area contributed by atoms with Crippen LogP contribution in [0.25, 0.3) is 0 Å². The molecule has 1 amide bonds. The van der Waals surface area contributed by atoms with Crippen LogP contribution in [-0.4, -0.2) is 48.4 Å². The van der Waals surface area contributed by atoms with Gasteiger partial charge in [-0.25, -0.2) is 0 Å². The fraction of sp³-hybridized carbons (Fsp3) is 0.588. The Morgan fingerprint density at radius 3 is 2.39 bits per heavy atom. The van der Waals surface area contributed by atoms with Crippen LogP contribution < -0.4 is 5.73 Å². The highest BCUT2D eigenvalue weighted by Gasteiger charge is 2.28. The van der Waals surface area contributed by atoms with E-state index in [4.69, 9.17) is 5.73 Å². The van der Waals surface area contributed by atoms with Crippen molar-refractivity contribution in [1.29, 1.82) is 0 Å². The lowest BCUT2D eigenvalue weighted by molar-refractivity contribution is -0.129. The number of benzene rings is 1. The van der Waals surface area contributed by atoms with Crippen LogP contribution in [0.4, 0.5) is 5.69 Å². The molecule has 2 aliphatic rings. The molecular formula is C17H27Cl2N3O. The van der Waals surface area contributed by atoms with Crippen molar-refractivity contribution in [2.24, 2.45) is 5.92 Å². The minimum absolute atomic E-state index is 0. The SMILES string of the molecule is Cl.Cl.Nc1ccc(CC(=O)N2CCC(CN3CCCC3)C2)cc1. The molecule has 0 aliphatic carbocycles. The van der Waals surface area contributed by atoms with Gasteiger partial charge in [0.25, 0.3) is 0 Å². The van der Waals surface area contributed by atoms with E-state index in [0.29, 0.717) is 12.3 Å². The number of carbonyl (C=O) groups excluding carboxylic acids is 1. The number of nitrogens with zero attached hydrogens (tertiary/aromatic N) is 2. The van der Waals surface area contributed by atoms with Crippen LogP contribution in [0.2, 0.25) is 0 Å². The molecule has 130 valence electrons. The molecule has 1 aromatic rings. The second-order valence-corrected chi connectivity index (χ2v) is 6.42. The number of carbonyl (C=O) groups is 1. The van der Waals surface area contributed by atoms with Gasteiger partial charge >= 0.3 is 0 Å². The van der Waals surface area contributed by atoms with Gasteiger partial charge < -0.3 is 15.5 Å². The monoisotopic (exact) mass is 359 g/mol. The summed E-state index contributed by atoms with van der Waals surface area (Å²) in [6, 6.07) is 7.63. The summed E-state index contributed by atoms with van der Waals surface area (Å²) in [5.74, 6) is 0.919. The summed E-state index contributed by atoms with van der Waals surface area (Å²) in [5, 5.41) is 0. The Hall–Kier alpha value is -0.970. The molecule has 1 aromatic carbocycles. The van der Waals surface area contributed by atoms with E-state index in [-0.39, 0.29) is 30.7 Å². The van der Waals surface area contributed by atoms with Gasteiger partial charge in [-0.3, -0.25) is 4.79 Å². The number of nitrogen functional groups attached to an aromatic ring is 1. The van der Waals surface area contributed by atoms with Gasteiger partial charge in [0.1, 0.15) is 0 Å². The van der Waals surface area contributed by atoms with Crippen LogP contribution in [-0.2, 0) is 11.2 Å². The zero-order valence-corrected chi connectivity index (χ0v) is 15.1. The largest absolute Gasteiger partial charge is 0.399 e. The molecule has 2 N–H and O–H groups in total. The predicted octanol–water partition coefficient (Wildman–Crippen LogP) is 2.60. The molecular weight excluding hydrogens is 333 g/mol. The van der Waals surface area contributed by atoms with Crippen molar-refractivity contribution in [3.63, 3.8) is 0 Å². The van der Waals surface area contributed by atoms with Crippen LogP contribution in [0, 0.1) is 5.92 Å². The van der Waals surface area contributed by atoms with Gasteiger partial charge in [-0.05, 0) is 56.0 Å². The predicted molar refractivity (Wildman–Crippen MR) is 99.4 cm³/mol. The Balaban J connectivity index is 0.00000132. The van der Waals surface area contributed by atoms with Crippen molar-refractivity contribution >= 4 is 36.4 Å². The number of hydrogen-bond donors (Lipinski definition) is 1. The van der Waals surface area contributed by atoms with E-state index in [0.717, 1.165) is 30.8 Å². The summed E-state index contributed by atoms with van der Waals surface area (Å²) in [4.78, 5) is 17.0. The van der Waals surface area contributed by atoms with Crippen LogP contribution in [0.1, 0.15) is 24.8 Å². The number of hydrogen-bond acceptors (Lipinski definition) is 3. The van der Waals surface area contributed by atoms with Gasteiger partial charge in [0, 0.05) is 25.3 Å². The molecule has 0 saturated carbocycles. The molecule has 23 heavy (non-hydrogen) atoms. The van der Waals surface area contributed by atoms with E-state index < -0.39 is 0 Å². The molecule has 0 aromatic heterocycles. The summed E-state index contributed by atoms with van der Waals surface area (Å²) in [7, 11) is 0. The van der Waals surface area contributed by atoms with E-state index in [1.807, 2.05) is 29.2 Å². The van der Waals surface area contributed by atoms with E-state index >= 15 is 0 Å². The topological polar surface area (TPSA) is 49.6 Å². The van der Waals surface area contributed by atoms with Crippen molar-refractivity contribution in [2.75, 3.05) is 38.5 Å². The van der Waals surface area contributed by atoms with Gasteiger partial charge in [0.15, 0.2) is 0 Å². The van der Waals surface area contributed by atoms with E-state index in [2.05, 4.69) is 4.90 Å². The number of anilines is 1. The van der Waals surface area contributed by atoms with Crippen LogP contribution in [0.15, 0.2) is 24.3 Å². The van der Waals surface area contributed by atoms with Crippen molar-refractivity contribution in [2.45, 2.75) is 25.7 Å². The molecule has 2 heterocycles. The minimum Gasteiger partial charge on any atom is -0.399 e. The zero-order valence-electron chi connectivity index (χ0n) is 13.4. The molecule has 0 radical (unpaired) electrons. The molecule has 0 spiro atoms. The zero-order chi connectivity index (χ0) is 14.7. The van der Waals surface area contributed by atoms with E-state index in [1.165, 1.54) is 32.5 Å². The molecule has 6 heteroatoms. The maximum absolute atomic E-state index is 12.4. The average Bonchev–Trinajstić information content (AvgIpc) is 3.13. The summed E-state index contributed by atoms with van der Waals surface area (Å²) in [5.41, 5.74) is 7.48. The lowest BCUT2D eigenvalue weighted by Crippen LogP contribution is -2.32. The van der Waals surface area contributed by atoms with Gasteiger partial charge in [-0.15, -0.1) is 24.8 Å². The highest BCUT2D eigenvalue weighted by molar-refractivity contribution is 5.85. The first-order chi connectivity index (χ1) is 10.2. The highest BCUT2D eigenvalue weighted by atomic mass is 35.5. The first-order valence-corrected chi connectivity index (χ1v) is 8.05. The van der Waals surface area contributed by atoms with Crippen LogP contribution in [0.3, 0.4) is 0 Å². The Morgan fingerprint density at radius 2 is 1.74 bits per heavy atom. The van der Waals surface area contributed by atoms with Crippen molar-refractivity contribution in [1.82, 2.24) is 9.80 Å². The summed E-state index contributed by atoms with van der Waals surface area (Å²) >= 11 is 0. The summed E-state index contributed by atoms with van der Waals surface area (Å²) < 4.78 is 0. The molecule has 1 atom stereocenters. The lowest BCUT2D eigenvalue weighted by atomic mass is 10.1. The van der Waals surface area contributed by atoms with Crippen molar-refractivity contribution in [3.8, 4) is 0 Å². The maximum Gasteiger partial charge on any atom is 0.226 e. The van der Waals surface area contributed by atoms with Crippen LogP contribution in [0.5, 0.6) is 0 Å². The van der Waals surface area contributed by atoms with E-state index in [1.54, 1.807) is 0 Å². The van der Waals surface area contributed by atoms with Gasteiger partial charge in [-0.1, -0.05) is 12.1 Å². The van der Waals surface area contributed by atoms with Gasteiger partial charge in [0.2, 0.25) is 5.91 Å². The molecule has 1 unspecified atom stereocenters. The second kappa shape index (κ2) is 9.36. The first-order valence-electron chi connectivity index (χ1n) is 8.05. The number of rotatable bonds is 4. The van der Waals surface area contributed by atoms with Gasteiger partial charge in [-0.2, -0.15) is 0 Å². The third-order valence-electron chi connectivity index (χ3n) is 4.69. The Morgan fingerprint density at radius 1 is 1.09 bits per heavy atom. The van der Waals surface area contributed by atoms with Gasteiger partial charge in [0.05, 0.1) is 6.42 Å². The standard InChI is InChI=1S/C17H25N3O.2ClH/c18-16-5-3-14(4-6-16)11-17(21)20-10-7-15(13-20)12-19-8-1-2-9-19;;/h3-6,15H,1-2,7-13,18H2;2*1H. The fourth-order valence-electron chi connectivity index (χ4n) is 3.46. The minimum atomic E-state index is 0. The molecule has 2 saturated heterocycles. The molecule has 0 bridgehead atoms. The number of likely N-dealkylation sites (tertiary alicyclic amines) is 2. The lowest BCUT2D eigenvalue weighted by Gasteiger charge is -2.20. The molecule has 4 nitrogen and oxygen atoms in total. The third kappa shape index (κ3) is 5.55. The maximum atomic E-state index is 12.4. The van der Waals surface area contributed by atoms with Crippen molar-refractivity contribution < 1.29 is 4.79 Å². The third-order valence-corrected chi connectivity index (χ3v) is 4.69. The Labute approximate surface area is 151 Å². The van der Waals surface area contributed by atoms with Crippen LogP contribution >= 0.6 is 24.8 Å². The number of nitrogens with two attached hydrogens (primary N) is 1. The molecule has 2 aliphatic heterocycles. The number of halogens is 2. The highest BCUT2D eigenvalue weighted by Crippen LogP contribution is 2.20. The Bertz CT molecular complexity index is 489. The number of amides is 1. The van der Waals surface area contributed by atoms with Crippen molar-refractivity contribution in [3.05, 3.63) is 29.8 Å². The quantitative estimate of drug-likeness (QED) is 0.840. The Kier molecular flexibility index (Phi) is 8.17. The average molecular weight is 360 g/mol. The molecule has 3 rings (SSSR count). The smallest absolute Gasteiger partial charge is 0.226 e. The second-order valence-electron chi connectivity index (χ2n) is 6.42.